The topological polar surface area (TPSA) is 0 Å². The van der Waals surface area contributed by atoms with Gasteiger partial charge in [0.15, 0.2) is 0 Å². The third-order valence-electron chi connectivity index (χ3n) is 6.71. The molecule has 1 heteroatoms. The van der Waals surface area contributed by atoms with Crippen LogP contribution in [0.25, 0.3) is 32.7 Å². The minimum Gasteiger partial charge on any atom is -0.0619 e. The summed E-state index contributed by atoms with van der Waals surface area (Å²) in [5, 5.41) is 5.49. The maximum atomic E-state index is 3.86. The highest BCUT2D eigenvalue weighted by Crippen LogP contribution is 2.63. The van der Waals surface area contributed by atoms with Crippen molar-refractivity contribution in [1.82, 2.24) is 0 Å². The normalized spacial score (nSPS) is 14.9. The molecule has 0 saturated carbocycles. The molecule has 0 heterocycles. The van der Waals surface area contributed by atoms with Crippen LogP contribution in [0.4, 0.5) is 0 Å². The van der Waals surface area contributed by atoms with E-state index < -0.39 is 0 Å². The summed E-state index contributed by atoms with van der Waals surface area (Å²) in [5.74, 6) is 0. The van der Waals surface area contributed by atoms with Gasteiger partial charge in [-0.05, 0) is 55.4 Å². The fourth-order valence-corrected chi connectivity index (χ4v) is 6.37. The van der Waals surface area contributed by atoms with E-state index in [-0.39, 0.29) is 5.41 Å². The van der Waals surface area contributed by atoms with Crippen molar-refractivity contribution < 1.29 is 0 Å². The molecule has 0 unspecified atom stereocenters. The van der Waals surface area contributed by atoms with Crippen LogP contribution in [0.1, 0.15) is 22.3 Å². The first kappa shape index (κ1) is 15.1. The van der Waals surface area contributed by atoms with Crippen molar-refractivity contribution in [2.24, 2.45) is 0 Å². The molecule has 1 spiro atoms. The standard InChI is InChI=1S/C27H15Br/c28-23-13-5-12-22-26(23)18-8-1-2-9-19(18)27(22)20-10-3-6-16-14-15-17-7-4-11-21(27)25(17)24(16)20/h1-15H. The Labute approximate surface area is 171 Å². The molecule has 2 aliphatic rings. The van der Waals surface area contributed by atoms with Crippen LogP contribution < -0.4 is 0 Å². The average Bonchev–Trinajstić information content (AvgIpc) is 3.21. The van der Waals surface area contributed by atoms with E-state index in [0.717, 1.165) is 0 Å². The minimum atomic E-state index is -0.238. The van der Waals surface area contributed by atoms with E-state index in [1.807, 2.05) is 0 Å². The molecular weight excluding hydrogens is 404 g/mol. The van der Waals surface area contributed by atoms with Crippen molar-refractivity contribution in [3.63, 3.8) is 0 Å². The highest BCUT2D eigenvalue weighted by Gasteiger charge is 2.50. The van der Waals surface area contributed by atoms with Gasteiger partial charge in [0, 0.05) is 10.0 Å². The van der Waals surface area contributed by atoms with Crippen molar-refractivity contribution in [3.05, 3.63) is 118 Å². The van der Waals surface area contributed by atoms with Gasteiger partial charge in [0.1, 0.15) is 0 Å². The molecule has 0 aromatic heterocycles. The van der Waals surface area contributed by atoms with Crippen LogP contribution in [-0.2, 0) is 5.41 Å². The summed E-state index contributed by atoms with van der Waals surface area (Å²) in [6.45, 7) is 0. The summed E-state index contributed by atoms with van der Waals surface area (Å²) in [6, 6.07) is 33.8. The van der Waals surface area contributed by atoms with Crippen LogP contribution in [0.2, 0.25) is 0 Å². The van der Waals surface area contributed by atoms with Crippen molar-refractivity contribution in [2.45, 2.75) is 5.41 Å². The van der Waals surface area contributed by atoms with Gasteiger partial charge >= 0.3 is 0 Å². The van der Waals surface area contributed by atoms with Gasteiger partial charge in [0.2, 0.25) is 0 Å². The van der Waals surface area contributed by atoms with Crippen molar-refractivity contribution in [3.8, 4) is 11.1 Å². The molecule has 0 fully saturated rings. The molecule has 5 aromatic carbocycles. The quantitative estimate of drug-likeness (QED) is 0.224. The molecule has 0 nitrogen and oxygen atoms in total. The minimum absolute atomic E-state index is 0.238. The maximum absolute atomic E-state index is 3.86. The molecule has 0 atom stereocenters. The number of hydrogen-bond acceptors (Lipinski definition) is 0. The second-order valence-corrected chi connectivity index (χ2v) is 8.69. The lowest BCUT2D eigenvalue weighted by Crippen LogP contribution is -2.26. The third kappa shape index (κ3) is 1.49. The molecule has 28 heavy (non-hydrogen) atoms. The van der Waals surface area contributed by atoms with Gasteiger partial charge in [-0.15, -0.1) is 0 Å². The molecule has 0 amide bonds. The van der Waals surface area contributed by atoms with Gasteiger partial charge in [0.05, 0.1) is 5.41 Å². The van der Waals surface area contributed by atoms with Gasteiger partial charge in [-0.1, -0.05) is 101 Å². The highest BCUT2D eigenvalue weighted by atomic mass is 79.9. The van der Waals surface area contributed by atoms with Gasteiger partial charge in [0.25, 0.3) is 0 Å². The number of benzene rings is 5. The zero-order valence-corrected chi connectivity index (χ0v) is 16.6. The van der Waals surface area contributed by atoms with E-state index in [4.69, 9.17) is 0 Å². The molecule has 0 N–H and O–H groups in total. The molecule has 0 bridgehead atoms. The van der Waals surface area contributed by atoms with Gasteiger partial charge in [-0.2, -0.15) is 0 Å². The van der Waals surface area contributed by atoms with E-state index in [1.54, 1.807) is 0 Å². The van der Waals surface area contributed by atoms with E-state index in [0.29, 0.717) is 0 Å². The molecule has 0 radical (unpaired) electrons. The predicted octanol–water partition coefficient (Wildman–Crippen LogP) is 7.43. The smallest absolute Gasteiger partial charge is 0.0619 e. The van der Waals surface area contributed by atoms with E-state index >= 15 is 0 Å². The Balaban J connectivity index is 1.81. The average molecular weight is 419 g/mol. The lowest BCUT2D eigenvalue weighted by atomic mass is 9.70. The fourth-order valence-electron chi connectivity index (χ4n) is 5.79. The Morgan fingerprint density at radius 3 is 1.79 bits per heavy atom. The molecule has 7 rings (SSSR count). The lowest BCUT2D eigenvalue weighted by molar-refractivity contribution is 0.796. The van der Waals surface area contributed by atoms with Crippen LogP contribution in [0, 0.1) is 0 Å². The van der Waals surface area contributed by atoms with Crippen molar-refractivity contribution >= 4 is 37.5 Å². The van der Waals surface area contributed by atoms with Crippen molar-refractivity contribution in [2.75, 3.05) is 0 Å². The molecule has 0 saturated heterocycles. The zero-order valence-electron chi connectivity index (χ0n) is 15.0. The number of rotatable bonds is 0. The van der Waals surface area contributed by atoms with E-state index in [1.165, 1.54) is 59.4 Å². The SMILES string of the molecule is Brc1cccc2c1-c1ccccc1C21c2cccc3ccc4cccc1c4c23. The van der Waals surface area contributed by atoms with Gasteiger partial charge in [-0.3, -0.25) is 0 Å². The molecule has 130 valence electrons. The van der Waals surface area contributed by atoms with E-state index in [9.17, 15) is 0 Å². The van der Waals surface area contributed by atoms with Crippen LogP contribution in [-0.4, -0.2) is 0 Å². The summed E-state index contributed by atoms with van der Waals surface area (Å²) >= 11 is 3.86. The maximum Gasteiger partial charge on any atom is 0.0726 e. The number of hydrogen-bond donors (Lipinski definition) is 0. The Morgan fingerprint density at radius 1 is 0.500 bits per heavy atom. The third-order valence-corrected chi connectivity index (χ3v) is 7.37. The second-order valence-electron chi connectivity index (χ2n) is 7.83. The molecule has 2 aliphatic carbocycles. The second kappa shape index (κ2) is 4.92. The summed E-state index contributed by atoms with van der Waals surface area (Å²) in [4.78, 5) is 0. The zero-order chi connectivity index (χ0) is 18.5. The van der Waals surface area contributed by atoms with E-state index in [2.05, 4.69) is 107 Å². The van der Waals surface area contributed by atoms with Crippen LogP contribution in [0.5, 0.6) is 0 Å². The first-order valence-electron chi connectivity index (χ1n) is 9.66. The molecule has 5 aromatic rings. The number of halogens is 1. The Hall–Kier alpha value is -2.90. The number of fused-ring (bicyclic) bond motifs is 7. The first-order valence-corrected chi connectivity index (χ1v) is 10.5. The van der Waals surface area contributed by atoms with Crippen LogP contribution >= 0.6 is 15.9 Å². The highest BCUT2D eigenvalue weighted by molar-refractivity contribution is 9.10. The summed E-state index contributed by atoms with van der Waals surface area (Å²) < 4.78 is 1.17. The van der Waals surface area contributed by atoms with Gasteiger partial charge < -0.3 is 0 Å². The summed E-state index contributed by atoms with van der Waals surface area (Å²) in [7, 11) is 0. The Morgan fingerprint density at radius 2 is 1.07 bits per heavy atom. The van der Waals surface area contributed by atoms with Gasteiger partial charge in [-0.25, -0.2) is 0 Å². The molecular formula is C27H15Br. The Bertz CT molecular complexity index is 1410. The molecule has 0 aliphatic heterocycles. The Kier molecular flexibility index (Phi) is 2.65. The van der Waals surface area contributed by atoms with Crippen LogP contribution in [0.3, 0.4) is 0 Å². The summed E-state index contributed by atoms with van der Waals surface area (Å²) in [5.41, 5.74) is 8.06. The largest absolute Gasteiger partial charge is 0.0726 e. The first-order chi connectivity index (χ1) is 13.8. The predicted molar refractivity (Wildman–Crippen MR) is 120 cm³/mol. The fraction of sp³-hybridized carbons (Fsp3) is 0.0370. The van der Waals surface area contributed by atoms with Crippen LogP contribution in [0.15, 0.2) is 95.5 Å². The summed E-state index contributed by atoms with van der Waals surface area (Å²) in [6.07, 6.45) is 0. The lowest BCUT2D eigenvalue weighted by Gasteiger charge is -2.30. The van der Waals surface area contributed by atoms with Crippen molar-refractivity contribution in [1.29, 1.82) is 0 Å². The monoisotopic (exact) mass is 418 g/mol.